The van der Waals surface area contributed by atoms with Gasteiger partial charge in [-0.1, -0.05) is 343 Å². The zero-order valence-electron chi connectivity index (χ0n) is 78.0. The molecule has 120 heavy (non-hydrogen) atoms. The molecule has 0 unspecified atom stereocenters. The van der Waals surface area contributed by atoms with Gasteiger partial charge in [0, 0.05) is 64.0 Å². The van der Waals surface area contributed by atoms with E-state index in [2.05, 4.69) is 359 Å². The van der Waals surface area contributed by atoms with Crippen LogP contribution in [0.4, 0.5) is 51.2 Å². The van der Waals surface area contributed by atoms with E-state index < -0.39 is 10.8 Å². The molecule has 0 spiro atoms. The number of nitrogens with zero attached hydrogens (tertiary/aromatic N) is 4. The van der Waals surface area contributed by atoms with E-state index in [-0.39, 0.29) is 79.7 Å². The third kappa shape index (κ3) is 12.7. The van der Waals surface area contributed by atoms with Crippen molar-refractivity contribution in [3.05, 3.63) is 337 Å². The first kappa shape index (κ1) is 69.5. The lowest BCUT2D eigenvalue weighted by Crippen LogP contribution is -2.31. The summed E-state index contributed by atoms with van der Waals surface area (Å²) >= 11 is 1.79. The average Bonchev–Trinajstić information content (AvgIpc) is 0.936. The summed E-state index contributed by atoms with van der Waals surface area (Å²) in [5.41, 5.74) is 24.6. The maximum absolute atomic E-state index is 10.9. The fourth-order valence-corrected chi connectivity index (χ4v) is 19.3. The fraction of sp³-hybridized carbons (Fsp3) is 0.211. The molecule has 0 atom stereocenters. The van der Waals surface area contributed by atoms with Gasteiger partial charge in [-0.2, -0.15) is 0 Å². The van der Waals surface area contributed by atoms with Gasteiger partial charge >= 0.3 is 0 Å². The number of para-hydroxylation sites is 1. The van der Waals surface area contributed by atoms with Gasteiger partial charge < -0.3 is 23.7 Å². The second-order valence-corrected chi connectivity index (χ2v) is 40.4. The first-order chi connectivity index (χ1) is 59.8. The second kappa shape index (κ2) is 27.5. The van der Waals surface area contributed by atoms with Crippen molar-refractivity contribution in [3.8, 4) is 72.4 Å². The van der Waals surface area contributed by atoms with Crippen LogP contribution >= 0.6 is 11.3 Å². The third-order valence-electron chi connectivity index (χ3n) is 24.7. The van der Waals surface area contributed by atoms with Crippen LogP contribution in [0.1, 0.15) is 166 Å². The van der Waals surface area contributed by atoms with Gasteiger partial charge in [0.05, 0.1) is 76.1 Å². The molecule has 3 aromatic heterocycles. The Morgan fingerprint density at radius 1 is 0.275 bits per heavy atom. The minimum Gasteiger partial charge on any atom is -0.455 e. The number of hydrogen-bond donors (Lipinski definition) is 0. The molecular weight excluding hydrogens is 1470 g/mol. The molecule has 0 amide bonds. The van der Waals surface area contributed by atoms with Crippen LogP contribution in [0.3, 0.4) is 0 Å². The zero-order chi connectivity index (χ0) is 88.4. The van der Waals surface area contributed by atoms with Gasteiger partial charge in [-0.25, -0.2) is 0 Å². The van der Waals surface area contributed by atoms with Crippen LogP contribution in [0, 0.1) is 0 Å². The molecule has 15 aromatic carbocycles. The van der Waals surface area contributed by atoms with Gasteiger partial charge in [-0.3, -0.25) is 0 Å². The lowest BCUT2D eigenvalue weighted by Gasteiger charge is -2.48. The molecule has 6 heteroatoms. The van der Waals surface area contributed by atoms with Crippen molar-refractivity contribution in [2.75, 3.05) is 14.7 Å². The van der Waals surface area contributed by atoms with Crippen molar-refractivity contribution in [3.63, 3.8) is 0 Å². The van der Waals surface area contributed by atoms with Crippen molar-refractivity contribution in [2.45, 2.75) is 157 Å². The summed E-state index contributed by atoms with van der Waals surface area (Å²) in [7, 11) is 0. The number of thiophene rings is 1. The van der Waals surface area contributed by atoms with Gasteiger partial charge in [-0.15, -0.1) is 11.3 Å². The van der Waals surface area contributed by atoms with Gasteiger partial charge in [0.15, 0.2) is 0 Å². The Kier molecular flexibility index (Phi) is 15.9. The molecule has 0 saturated carbocycles. The van der Waals surface area contributed by atoms with Crippen molar-refractivity contribution in [2.24, 2.45) is 0 Å². The van der Waals surface area contributed by atoms with Crippen LogP contribution in [-0.2, 0) is 32.5 Å². The molecule has 20 rings (SSSR count). The molecule has 0 saturated heterocycles. The molecule has 2 aliphatic heterocycles. The van der Waals surface area contributed by atoms with E-state index >= 15 is 0 Å². The van der Waals surface area contributed by atoms with E-state index in [0.29, 0.717) is 28.1 Å². The van der Waals surface area contributed by atoms with Gasteiger partial charge in [0.2, 0.25) is 0 Å². The Labute approximate surface area is 719 Å². The number of rotatable bonds is 9. The number of anilines is 9. The molecule has 0 radical (unpaired) electrons. The molecule has 5 nitrogen and oxygen atoms in total. The maximum atomic E-state index is 10.9. The molecule has 2 aliphatic rings. The van der Waals surface area contributed by atoms with E-state index in [9.17, 15) is 8.22 Å². The highest BCUT2D eigenvalue weighted by Gasteiger charge is 2.45. The van der Waals surface area contributed by atoms with Crippen LogP contribution in [0.5, 0.6) is 0 Å². The lowest BCUT2D eigenvalue weighted by molar-refractivity contribution is 0.568. The molecule has 18 aromatic rings. The van der Waals surface area contributed by atoms with Crippen LogP contribution < -0.4 is 14.7 Å². The molecule has 5 heterocycles. The van der Waals surface area contributed by atoms with Crippen LogP contribution in [0.2, 0.25) is 0 Å². The Bertz CT molecular complexity index is 7430. The number of benzene rings is 15. The maximum Gasteiger partial charge on any atom is 0.145 e. The number of hydrogen-bond acceptors (Lipinski definition) is 5. The summed E-state index contributed by atoms with van der Waals surface area (Å²) in [5.74, 6) is 0. The summed E-state index contributed by atoms with van der Waals surface area (Å²) in [5, 5.41) is 4.74. The smallest absolute Gasteiger partial charge is 0.145 e. The molecule has 0 aliphatic carbocycles. The van der Waals surface area contributed by atoms with Crippen molar-refractivity contribution < 1.29 is 12.6 Å². The highest BCUT2D eigenvalue weighted by Crippen LogP contribution is 2.69. The fourth-order valence-electron chi connectivity index (χ4n) is 18.1. The topological polar surface area (TPSA) is 27.8 Å². The number of furan rings is 1. The minimum absolute atomic E-state index is 0.0104. The number of aromatic nitrogens is 1. The van der Waals surface area contributed by atoms with E-state index in [1.165, 1.54) is 22.3 Å². The van der Waals surface area contributed by atoms with E-state index in [0.717, 1.165) is 149 Å². The Morgan fingerprint density at radius 2 is 0.658 bits per heavy atom. The summed E-state index contributed by atoms with van der Waals surface area (Å²) < 4.78 is 76.0. The molecule has 0 N–H and O–H groups in total. The van der Waals surface area contributed by atoms with E-state index in [4.69, 9.17) is 4.42 Å². The van der Waals surface area contributed by atoms with Gasteiger partial charge in [-0.05, 0) is 195 Å². The normalized spacial score (nSPS) is 14.1. The lowest BCUT2D eigenvalue weighted by atomic mass is 9.78. The van der Waals surface area contributed by atoms with Crippen molar-refractivity contribution in [1.29, 1.82) is 0 Å². The first-order valence-corrected chi connectivity index (χ1v) is 43.1. The van der Waals surface area contributed by atoms with Crippen LogP contribution in [0.25, 0.3) is 136 Å². The quantitative estimate of drug-likeness (QED) is 0.144. The summed E-state index contributed by atoms with van der Waals surface area (Å²) in [6.07, 6.45) is 0. The second-order valence-electron chi connectivity index (χ2n) is 39.3. The molecule has 592 valence electrons. The van der Waals surface area contributed by atoms with Crippen LogP contribution in [0.15, 0.2) is 308 Å². The highest BCUT2D eigenvalue weighted by atomic mass is 32.1. The first-order valence-electron chi connectivity index (χ1n) is 45.3. The van der Waals surface area contributed by atoms with Gasteiger partial charge in [0.1, 0.15) is 11.2 Å². The predicted molar refractivity (Wildman–Crippen MR) is 517 cm³/mol. The van der Waals surface area contributed by atoms with Crippen LogP contribution in [-0.4, -0.2) is 4.57 Å². The predicted octanol–water partition coefficient (Wildman–Crippen LogP) is 33.9. The third-order valence-corrected chi connectivity index (χ3v) is 25.9. The Balaban J connectivity index is 1.07. The minimum atomic E-state index is -0.816. The molecule has 0 bridgehead atoms. The molecular formula is C114H104N4OS. The largest absolute Gasteiger partial charge is 0.455 e. The Morgan fingerprint density at radius 3 is 1.12 bits per heavy atom. The van der Waals surface area contributed by atoms with Crippen molar-refractivity contribution >= 4 is 126 Å². The SMILES string of the molecule is [2H]c1c(C(C)(C)C)c([2H])c2c3c([2H])c(C(C)(C)C)c([2H])c([2H])c3n(-c3cc4c5c(c3)N(c3c(-c6ccccc6)cc6c(sc7ccccc76)c3-c3ccccc3)c3ccc(-c6cc(C(C)(C)C)cc(C(C)(C)C)c6)cc3N5c3ccc(-c5cc(C(C)(C)C)cc(C(C)(C)C)c5)cc3N4c3c(-c4ccccc4)cc4c(oc5ccccc54)c3-c3ccccc3)c2c1[2H]. The Hall–Kier alpha value is -12.5. The molecule has 0 fully saturated rings. The summed E-state index contributed by atoms with van der Waals surface area (Å²) in [6.45, 7) is 39.5. The average molecular weight is 1580 g/mol. The van der Waals surface area contributed by atoms with Crippen molar-refractivity contribution in [1.82, 2.24) is 4.57 Å². The van der Waals surface area contributed by atoms with Gasteiger partial charge in [0.25, 0.3) is 0 Å². The van der Waals surface area contributed by atoms with E-state index in [1.54, 1.807) is 11.3 Å². The zero-order valence-corrected chi connectivity index (χ0v) is 72.8. The standard InChI is InChI=1S/C114H104N4OS/c1-109(2,3)77-49-53-92-88(63-77)89-64-78(110(4,5)6)50-54-93(89)115(92)83-65-98-106-99(66-83)118(104-86(69-35-23-19-24-36-69)67-90-84-43-31-33-45-100(84)119-107(90)102(104)71-39-27-21-28-40-71)97-60-74(76-57-81(113(13,14)15)62-82(58-76)114(16,17)18)47-51-94(97)116(106)96-59-73(75-55-79(111(7,8)9)61-80(56-75)112(10,11)12)48-52-95(96)117(98)105-87(70-37-25-20-26-38-70)68-91-85-44-32-34-46-101(85)120-108(91)103(105)72-41-29-22-30-42-72/h19-68H,1-18H3/i49D,50D,53D,54D,63D,64D. The highest BCUT2D eigenvalue weighted by molar-refractivity contribution is 7.26. The number of fused-ring (bicyclic) bond motifs is 13. The monoisotopic (exact) mass is 1580 g/mol. The van der Waals surface area contributed by atoms with E-state index in [1.807, 2.05) is 52.2 Å². The summed E-state index contributed by atoms with van der Waals surface area (Å²) in [6, 6.07) is 97.4. The summed E-state index contributed by atoms with van der Waals surface area (Å²) in [4.78, 5) is 7.54.